The van der Waals surface area contributed by atoms with Crippen molar-refractivity contribution < 1.29 is 10.2 Å². The number of aliphatic hydroxyl groups excluding tert-OH is 1. The van der Waals surface area contributed by atoms with Crippen LogP contribution in [0.25, 0.3) is 21.3 Å². The zero-order chi connectivity index (χ0) is 17.8. The van der Waals surface area contributed by atoms with Crippen molar-refractivity contribution in [3.05, 3.63) is 51.1 Å². The highest BCUT2D eigenvalue weighted by molar-refractivity contribution is 7.17. The number of unbranched alkanes of at least 4 members (excludes halogenated alkanes) is 1. The van der Waals surface area contributed by atoms with Crippen LogP contribution in [-0.4, -0.2) is 21.8 Å². The van der Waals surface area contributed by atoms with Gasteiger partial charge in [-0.2, -0.15) is 5.26 Å². The quantitative estimate of drug-likeness (QED) is 0.500. The molecule has 0 aliphatic rings. The number of aromatic amines is 1. The van der Waals surface area contributed by atoms with E-state index in [1.54, 1.807) is 6.07 Å². The fraction of sp³-hybridized carbons (Fsp3) is 0.158. The highest BCUT2D eigenvalue weighted by Gasteiger charge is 2.17. The van der Waals surface area contributed by atoms with Gasteiger partial charge in [-0.05, 0) is 24.1 Å². The van der Waals surface area contributed by atoms with Gasteiger partial charge in [0.05, 0.1) is 5.39 Å². The van der Waals surface area contributed by atoms with Gasteiger partial charge >= 0.3 is 0 Å². The molecule has 1 aromatic carbocycles. The monoisotopic (exact) mass is 350 g/mol. The predicted octanol–water partition coefficient (Wildman–Crippen LogP) is 2.96. The van der Waals surface area contributed by atoms with Crippen LogP contribution in [0.4, 0.5) is 0 Å². The van der Waals surface area contributed by atoms with Crippen molar-refractivity contribution in [1.29, 1.82) is 5.26 Å². The van der Waals surface area contributed by atoms with Gasteiger partial charge in [-0.15, -0.1) is 11.3 Å². The van der Waals surface area contributed by atoms with E-state index in [1.165, 1.54) is 11.3 Å². The molecule has 0 atom stereocenters. The minimum absolute atomic E-state index is 0.134. The molecule has 0 spiro atoms. The third-order valence-corrected chi connectivity index (χ3v) is 4.61. The Morgan fingerprint density at radius 1 is 1.24 bits per heavy atom. The fourth-order valence-electron chi connectivity index (χ4n) is 2.46. The summed E-state index contributed by atoms with van der Waals surface area (Å²) in [6, 6.07) is 9.26. The standard InChI is InChI=1S/C19H14N2O3S/c20-10-14-17(23)16-15(11-25-19(16)21-18(14)24)13-7-5-12(6-8-13)4-2-1-3-9-22/h5-8,11,22H,1,3,9H2,(H2,21,23,24). The number of aromatic nitrogens is 1. The average Bonchev–Trinajstić information content (AvgIpc) is 3.03. The summed E-state index contributed by atoms with van der Waals surface area (Å²) in [5.41, 5.74) is 1.60. The average molecular weight is 350 g/mol. The van der Waals surface area contributed by atoms with Crippen LogP contribution < -0.4 is 5.56 Å². The number of nitriles is 1. The molecular weight excluding hydrogens is 336 g/mol. The topological polar surface area (TPSA) is 97.1 Å². The maximum absolute atomic E-state index is 11.8. The lowest BCUT2D eigenvalue weighted by Crippen LogP contribution is -2.09. The second-order valence-electron chi connectivity index (χ2n) is 5.35. The SMILES string of the molecule is N#Cc1c(O)c2c(-c3ccc(C#CCCCO)cc3)csc2[nH]c1=O. The van der Waals surface area contributed by atoms with E-state index in [4.69, 9.17) is 10.4 Å². The molecule has 0 amide bonds. The van der Waals surface area contributed by atoms with Crippen LogP contribution in [0.1, 0.15) is 24.0 Å². The summed E-state index contributed by atoms with van der Waals surface area (Å²) < 4.78 is 0. The normalized spacial score (nSPS) is 10.2. The van der Waals surface area contributed by atoms with Crippen LogP contribution in [0.2, 0.25) is 0 Å². The van der Waals surface area contributed by atoms with Crippen LogP contribution in [-0.2, 0) is 0 Å². The molecule has 2 heterocycles. The van der Waals surface area contributed by atoms with E-state index in [-0.39, 0.29) is 17.9 Å². The number of hydrogen-bond acceptors (Lipinski definition) is 5. The zero-order valence-electron chi connectivity index (χ0n) is 13.2. The lowest BCUT2D eigenvalue weighted by Gasteiger charge is -2.03. The van der Waals surface area contributed by atoms with E-state index in [2.05, 4.69) is 16.8 Å². The molecule has 3 N–H and O–H groups in total. The second-order valence-corrected chi connectivity index (χ2v) is 6.23. The number of benzene rings is 1. The van der Waals surface area contributed by atoms with Gasteiger partial charge in [0.1, 0.15) is 16.6 Å². The molecule has 2 aromatic heterocycles. The van der Waals surface area contributed by atoms with Crippen LogP contribution in [0.5, 0.6) is 5.75 Å². The molecule has 0 bridgehead atoms. The van der Waals surface area contributed by atoms with Crippen molar-refractivity contribution >= 4 is 21.6 Å². The third kappa shape index (κ3) is 3.27. The van der Waals surface area contributed by atoms with Crippen molar-refractivity contribution in [2.24, 2.45) is 0 Å². The van der Waals surface area contributed by atoms with Gasteiger partial charge in [0, 0.05) is 29.5 Å². The maximum atomic E-state index is 11.8. The molecule has 5 nitrogen and oxygen atoms in total. The van der Waals surface area contributed by atoms with E-state index in [1.807, 2.05) is 29.6 Å². The van der Waals surface area contributed by atoms with E-state index in [9.17, 15) is 9.90 Å². The summed E-state index contributed by atoms with van der Waals surface area (Å²) >= 11 is 1.30. The number of aliphatic hydroxyl groups is 1. The first-order valence-corrected chi connectivity index (χ1v) is 8.50. The van der Waals surface area contributed by atoms with Gasteiger partial charge in [0.2, 0.25) is 0 Å². The molecule has 3 rings (SSSR count). The van der Waals surface area contributed by atoms with Crippen LogP contribution in [0.3, 0.4) is 0 Å². The fourth-order valence-corrected chi connectivity index (χ4v) is 3.43. The minimum atomic E-state index is -0.589. The van der Waals surface area contributed by atoms with Gasteiger partial charge in [0.25, 0.3) is 5.56 Å². The smallest absolute Gasteiger partial charge is 0.270 e. The Balaban J connectivity index is 2.01. The number of nitrogens with one attached hydrogen (secondary N) is 1. The molecule has 0 aliphatic carbocycles. The number of rotatable bonds is 3. The third-order valence-electron chi connectivity index (χ3n) is 3.72. The van der Waals surface area contributed by atoms with Gasteiger partial charge in [-0.3, -0.25) is 4.79 Å². The van der Waals surface area contributed by atoms with E-state index >= 15 is 0 Å². The number of aromatic hydroxyl groups is 1. The number of nitrogens with zero attached hydrogens (tertiary/aromatic N) is 1. The first-order valence-electron chi connectivity index (χ1n) is 7.62. The van der Waals surface area contributed by atoms with Crippen LogP contribution in [0.15, 0.2) is 34.4 Å². The molecule has 0 saturated carbocycles. The number of H-pyrrole nitrogens is 1. The molecule has 0 aliphatic heterocycles. The van der Waals surface area contributed by atoms with Crippen molar-refractivity contribution in [2.45, 2.75) is 12.8 Å². The summed E-state index contributed by atoms with van der Waals surface area (Å²) in [6.45, 7) is 0.134. The summed E-state index contributed by atoms with van der Waals surface area (Å²) in [7, 11) is 0. The van der Waals surface area contributed by atoms with E-state index in [0.717, 1.165) is 16.7 Å². The van der Waals surface area contributed by atoms with Gasteiger partial charge < -0.3 is 15.2 Å². The molecule has 6 heteroatoms. The largest absolute Gasteiger partial charge is 0.506 e. The first-order chi connectivity index (χ1) is 12.2. The number of pyridine rings is 1. The Labute approximate surface area is 147 Å². The lowest BCUT2D eigenvalue weighted by atomic mass is 10.0. The summed E-state index contributed by atoms with van der Waals surface area (Å²) in [6.07, 6.45) is 1.30. The van der Waals surface area contributed by atoms with Gasteiger partial charge in [0.15, 0.2) is 5.56 Å². The lowest BCUT2D eigenvalue weighted by molar-refractivity contribution is 0.290. The predicted molar refractivity (Wildman–Crippen MR) is 97.5 cm³/mol. The van der Waals surface area contributed by atoms with Gasteiger partial charge in [-0.25, -0.2) is 0 Å². The summed E-state index contributed by atoms with van der Waals surface area (Å²) in [5, 5.41) is 30.4. The number of fused-ring (bicyclic) bond motifs is 1. The molecule has 124 valence electrons. The number of hydrogen-bond donors (Lipinski definition) is 3. The Kier molecular flexibility index (Phi) is 4.85. The van der Waals surface area contributed by atoms with Crippen LogP contribution >= 0.6 is 11.3 Å². The molecular formula is C19H14N2O3S. The van der Waals surface area contributed by atoms with Gasteiger partial charge in [-0.1, -0.05) is 24.0 Å². The maximum Gasteiger partial charge on any atom is 0.270 e. The van der Waals surface area contributed by atoms with Crippen molar-refractivity contribution in [1.82, 2.24) is 4.98 Å². The molecule has 0 unspecified atom stereocenters. The van der Waals surface area contributed by atoms with E-state index < -0.39 is 5.56 Å². The number of thiophene rings is 1. The Hall–Kier alpha value is -3.06. The van der Waals surface area contributed by atoms with Crippen molar-refractivity contribution in [2.75, 3.05) is 6.61 Å². The highest BCUT2D eigenvalue weighted by Crippen LogP contribution is 2.38. The Morgan fingerprint density at radius 2 is 2.00 bits per heavy atom. The molecule has 3 aromatic rings. The first kappa shape index (κ1) is 16.8. The molecule has 0 radical (unpaired) electrons. The second kappa shape index (κ2) is 7.23. The summed E-state index contributed by atoms with van der Waals surface area (Å²) in [5.74, 6) is 5.73. The Morgan fingerprint density at radius 3 is 2.68 bits per heavy atom. The van der Waals surface area contributed by atoms with Crippen molar-refractivity contribution in [3.8, 4) is 34.8 Å². The molecule has 25 heavy (non-hydrogen) atoms. The molecule has 0 saturated heterocycles. The molecule has 0 fully saturated rings. The highest BCUT2D eigenvalue weighted by atomic mass is 32.1. The minimum Gasteiger partial charge on any atom is -0.506 e. The van der Waals surface area contributed by atoms with E-state index in [0.29, 0.717) is 23.1 Å². The van der Waals surface area contributed by atoms with Crippen LogP contribution in [0, 0.1) is 23.2 Å². The summed E-state index contributed by atoms with van der Waals surface area (Å²) in [4.78, 5) is 14.9. The zero-order valence-corrected chi connectivity index (χ0v) is 14.0. The van der Waals surface area contributed by atoms with Crippen molar-refractivity contribution in [3.63, 3.8) is 0 Å². The Bertz CT molecular complexity index is 1080.